The average Bonchev–Trinajstić information content (AvgIpc) is 2.48. The Bertz CT molecular complexity index is 163. The summed E-state index contributed by atoms with van der Waals surface area (Å²) >= 11 is 1.74. The molecule has 4 heteroatoms. The smallest absolute Gasteiger partial charge is 0.136 e. The van der Waals surface area contributed by atoms with Gasteiger partial charge in [-0.1, -0.05) is 25.1 Å². The summed E-state index contributed by atoms with van der Waals surface area (Å²) in [5.41, 5.74) is 0. The Morgan fingerprint density at radius 3 is 3.00 bits per heavy atom. The fraction of sp³-hybridized carbons (Fsp3) is 0.875. The molecule has 1 rings (SSSR count). The van der Waals surface area contributed by atoms with Crippen LogP contribution in [0.3, 0.4) is 0 Å². The molecule has 0 amide bonds. The van der Waals surface area contributed by atoms with Crippen LogP contribution in [0, 0.1) is 0 Å². The van der Waals surface area contributed by atoms with Crippen molar-refractivity contribution >= 4 is 17.7 Å². The third-order valence-corrected chi connectivity index (χ3v) is 3.45. The number of hydrogen-bond donors (Lipinski definition) is 1. The van der Waals surface area contributed by atoms with Gasteiger partial charge in [-0.25, -0.2) is 0 Å². The molecule has 1 fully saturated rings. The van der Waals surface area contributed by atoms with Crippen LogP contribution in [0.15, 0.2) is 0 Å². The third-order valence-electron chi connectivity index (χ3n) is 2.08. The molecule has 0 saturated carbocycles. The standard InChI is InChI=1S/C8H15NO2S/c1-2-3-4-7-9-6(5-12-7)8(10)11/h6-7,9H,2-5H2,1H3,(H,10,11)/t6-,7+/m1/s1. The normalized spacial score (nSPS) is 29.1. The van der Waals surface area contributed by atoms with Crippen LogP contribution < -0.4 is 10.4 Å². The van der Waals surface area contributed by atoms with Crippen molar-refractivity contribution in [2.75, 3.05) is 5.75 Å². The van der Waals surface area contributed by atoms with Gasteiger partial charge in [0.15, 0.2) is 0 Å². The molecule has 2 N–H and O–H groups in total. The van der Waals surface area contributed by atoms with Gasteiger partial charge in [-0.3, -0.25) is 0 Å². The molecule has 12 heavy (non-hydrogen) atoms. The van der Waals surface area contributed by atoms with E-state index in [1.54, 1.807) is 11.8 Å². The number of carboxylic acids is 1. The maximum absolute atomic E-state index is 10.5. The molecule has 0 bridgehead atoms. The van der Waals surface area contributed by atoms with E-state index in [0.717, 1.165) is 6.42 Å². The first kappa shape index (κ1) is 9.86. The molecule has 70 valence electrons. The first-order chi connectivity index (χ1) is 5.74. The number of nitrogens with two attached hydrogens (primary N) is 1. The van der Waals surface area contributed by atoms with E-state index in [0.29, 0.717) is 11.1 Å². The SMILES string of the molecule is CCCC[C@H]1[NH2+][C@@H](C(=O)[O-])CS1. The Morgan fingerprint density at radius 2 is 2.50 bits per heavy atom. The summed E-state index contributed by atoms with van der Waals surface area (Å²) in [5.74, 6) is -0.210. The molecule has 0 aromatic heterocycles. The summed E-state index contributed by atoms with van der Waals surface area (Å²) in [4.78, 5) is 10.5. The van der Waals surface area contributed by atoms with E-state index in [2.05, 4.69) is 6.92 Å². The van der Waals surface area contributed by atoms with E-state index in [1.165, 1.54) is 12.8 Å². The Labute approximate surface area is 76.9 Å². The van der Waals surface area contributed by atoms with Gasteiger partial charge in [0.1, 0.15) is 17.4 Å². The summed E-state index contributed by atoms with van der Waals surface area (Å²) in [6.07, 6.45) is 3.49. The number of thioether (sulfide) groups is 1. The number of carboxylic acid groups (broad SMARTS) is 1. The van der Waals surface area contributed by atoms with Gasteiger partial charge in [0.05, 0.1) is 5.75 Å². The van der Waals surface area contributed by atoms with Crippen LogP contribution in [-0.2, 0) is 4.79 Å². The fourth-order valence-corrected chi connectivity index (χ4v) is 2.66. The van der Waals surface area contributed by atoms with Crippen LogP contribution in [0.2, 0.25) is 0 Å². The number of aliphatic carboxylic acids is 1. The minimum Gasteiger partial charge on any atom is -0.544 e. The molecule has 0 aromatic rings. The summed E-state index contributed by atoms with van der Waals surface area (Å²) in [5, 5.41) is 12.8. The van der Waals surface area contributed by atoms with Crippen LogP contribution in [0.4, 0.5) is 0 Å². The van der Waals surface area contributed by atoms with E-state index >= 15 is 0 Å². The zero-order chi connectivity index (χ0) is 8.97. The molecular weight excluding hydrogens is 174 g/mol. The van der Waals surface area contributed by atoms with Crippen LogP contribution >= 0.6 is 11.8 Å². The van der Waals surface area contributed by atoms with Gasteiger partial charge in [-0.2, -0.15) is 0 Å². The molecule has 0 aliphatic carbocycles. The maximum atomic E-state index is 10.5. The summed E-state index contributed by atoms with van der Waals surface area (Å²) in [6, 6.07) is -0.308. The van der Waals surface area contributed by atoms with Crippen molar-refractivity contribution in [1.29, 1.82) is 0 Å². The molecule has 1 aliphatic rings. The highest BCUT2D eigenvalue weighted by Gasteiger charge is 2.28. The van der Waals surface area contributed by atoms with Gasteiger partial charge in [0.25, 0.3) is 0 Å². The minimum absolute atomic E-state index is 0.308. The Hall–Kier alpha value is -0.220. The lowest BCUT2D eigenvalue weighted by molar-refractivity contribution is -0.685. The summed E-state index contributed by atoms with van der Waals surface area (Å²) in [6.45, 7) is 2.15. The van der Waals surface area contributed by atoms with Crippen LogP contribution in [0.1, 0.15) is 26.2 Å². The van der Waals surface area contributed by atoms with Crippen molar-refractivity contribution in [3.05, 3.63) is 0 Å². The van der Waals surface area contributed by atoms with Gasteiger partial charge in [-0.05, 0) is 6.42 Å². The second-order valence-corrected chi connectivity index (χ2v) is 4.40. The van der Waals surface area contributed by atoms with Crippen LogP contribution in [0.5, 0.6) is 0 Å². The largest absolute Gasteiger partial charge is 0.544 e. The quantitative estimate of drug-likeness (QED) is 0.613. The van der Waals surface area contributed by atoms with E-state index < -0.39 is 5.97 Å². The second-order valence-electron chi connectivity index (χ2n) is 3.13. The third kappa shape index (κ3) is 2.68. The molecule has 0 aromatic carbocycles. The Kier molecular flexibility index (Phi) is 3.88. The monoisotopic (exact) mass is 189 g/mol. The molecule has 0 spiro atoms. The zero-order valence-corrected chi connectivity index (χ0v) is 8.10. The lowest BCUT2D eigenvalue weighted by Crippen LogP contribution is -2.94. The molecule has 0 unspecified atom stereocenters. The van der Waals surface area contributed by atoms with Gasteiger partial charge in [-0.15, -0.1) is 0 Å². The molecular formula is C8H15NO2S. The lowest BCUT2D eigenvalue weighted by Gasteiger charge is -2.09. The molecule has 3 nitrogen and oxygen atoms in total. The van der Waals surface area contributed by atoms with Crippen LogP contribution in [0.25, 0.3) is 0 Å². The minimum atomic E-state index is -0.915. The topological polar surface area (TPSA) is 56.7 Å². The van der Waals surface area contributed by atoms with Crippen molar-refractivity contribution in [2.45, 2.75) is 37.6 Å². The summed E-state index contributed by atoms with van der Waals surface area (Å²) in [7, 11) is 0. The number of carbonyl (C=O) groups excluding carboxylic acids is 1. The zero-order valence-electron chi connectivity index (χ0n) is 7.29. The van der Waals surface area contributed by atoms with Crippen molar-refractivity contribution in [3.8, 4) is 0 Å². The molecule has 2 atom stereocenters. The number of carbonyl (C=O) groups is 1. The molecule has 1 aliphatic heterocycles. The highest BCUT2D eigenvalue weighted by atomic mass is 32.2. The van der Waals surface area contributed by atoms with Gasteiger partial charge in [0, 0.05) is 6.42 Å². The van der Waals surface area contributed by atoms with E-state index in [-0.39, 0.29) is 6.04 Å². The number of quaternary nitrogens is 1. The summed E-state index contributed by atoms with van der Waals surface area (Å²) < 4.78 is 0. The predicted molar refractivity (Wildman–Crippen MR) is 46.5 cm³/mol. The predicted octanol–water partition coefficient (Wildman–Crippen LogP) is -1.07. The van der Waals surface area contributed by atoms with Gasteiger partial charge >= 0.3 is 0 Å². The highest BCUT2D eigenvalue weighted by Crippen LogP contribution is 2.16. The van der Waals surface area contributed by atoms with Crippen LogP contribution in [-0.4, -0.2) is 23.1 Å². The average molecular weight is 189 g/mol. The maximum Gasteiger partial charge on any atom is 0.136 e. The van der Waals surface area contributed by atoms with Crippen molar-refractivity contribution in [3.63, 3.8) is 0 Å². The van der Waals surface area contributed by atoms with E-state index in [4.69, 9.17) is 0 Å². The van der Waals surface area contributed by atoms with E-state index in [9.17, 15) is 9.90 Å². The van der Waals surface area contributed by atoms with E-state index in [1.807, 2.05) is 5.32 Å². The lowest BCUT2D eigenvalue weighted by atomic mass is 10.2. The van der Waals surface area contributed by atoms with Gasteiger partial charge < -0.3 is 15.2 Å². The number of unbranched alkanes of at least 4 members (excludes halogenated alkanes) is 1. The Balaban J connectivity index is 2.21. The molecule has 1 saturated heterocycles. The Morgan fingerprint density at radius 1 is 1.75 bits per heavy atom. The number of rotatable bonds is 4. The second kappa shape index (κ2) is 4.72. The molecule has 0 radical (unpaired) electrons. The van der Waals surface area contributed by atoms with Crippen molar-refractivity contribution in [1.82, 2.24) is 0 Å². The first-order valence-electron chi connectivity index (χ1n) is 4.41. The highest BCUT2D eigenvalue weighted by molar-refractivity contribution is 7.99. The van der Waals surface area contributed by atoms with Gasteiger partial charge in [0.2, 0.25) is 0 Å². The fourth-order valence-electron chi connectivity index (χ4n) is 1.33. The van der Waals surface area contributed by atoms with Crippen molar-refractivity contribution in [2.24, 2.45) is 0 Å². The first-order valence-corrected chi connectivity index (χ1v) is 5.46. The molecule has 1 heterocycles. The van der Waals surface area contributed by atoms with Crippen molar-refractivity contribution < 1.29 is 15.2 Å². The number of hydrogen-bond acceptors (Lipinski definition) is 3.